The number of H-pyrrole nitrogens is 1. The number of nitrogens with zero attached hydrogens (tertiary/aromatic N) is 6. The first kappa shape index (κ1) is 24.4. The number of aromatic amines is 1. The van der Waals surface area contributed by atoms with E-state index in [0.29, 0.717) is 18.9 Å². The second kappa shape index (κ2) is 11.6. The van der Waals surface area contributed by atoms with Gasteiger partial charge in [0.25, 0.3) is 0 Å². The number of aromatic nitrogens is 7. The van der Waals surface area contributed by atoms with Crippen LogP contribution in [0.5, 0.6) is 0 Å². The summed E-state index contributed by atoms with van der Waals surface area (Å²) in [6.45, 7) is 3.28. The van der Waals surface area contributed by atoms with Crippen molar-refractivity contribution in [2.75, 3.05) is 0 Å². The molecule has 8 heteroatoms. The summed E-state index contributed by atoms with van der Waals surface area (Å²) in [6, 6.07) is 26.7. The van der Waals surface area contributed by atoms with Gasteiger partial charge in [0, 0.05) is 18.5 Å². The van der Waals surface area contributed by atoms with Crippen LogP contribution in [0.3, 0.4) is 0 Å². The van der Waals surface area contributed by atoms with E-state index < -0.39 is 0 Å². The molecule has 0 saturated carbocycles. The summed E-state index contributed by atoms with van der Waals surface area (Å²) in [6.07, 6.45) is 4.67. The van der Waals surface area contributed by atoms with Gasteiger partial charge >= 0.3 is 5.69 Å². The van der Waals surface area contributed by atoms with Crippen LogP contribution in [0.4, 0.5) is 0 Å². The number of unbranched alkanes of at least 4 members (excludes halogenated alkanes) is 1. The fourth-order valence-corrected chi connectivity index (χ4v) is 4.57. The molecule has 1 N–H and O–H groups in total. The Labute approximate surface area is 216 Å². The van der Waals surface area contributed by atoms with E-state index in [1.165, 1.54) is 5.56 Å². The average molecular weight is 494 g/mol. The molecule has 0 aliphatic heterocycles. The van der Waals surface area contributed by atoms with Gasteiger partial charge in [-0.3, -0.25) is 4.57 Å². The van der Waals surface area contributed by atoms with Gasteiger partial charge in [0.15, 0.2) is 0 Å². The number of hydrogen-bond acceptors (Lipinski definition) is 5. The molecule has 8 nitrogen and oxygen atoms in total. The smallest absolute Gasteiger partial charge is 0.274 e. The van der Waals surface area contributed by atoms with Crippen LogP contribution in [0.15, 0.2) is 83.7 Å². The largest absolute Gasteiger partial charge is 0.346 e. The third-order valence-electron chi connectivity index (χ3n) is 6.55. The minimum Gasteiger partial charge on any atom is -0.274 e. The third-order valence-corrected chi connectivity index (χ3v) is 6.55. The summed E-state index contributed by atoms with van der Waals surface area (Å²) in [5.41, 5.74) is 5.30. The first-order valence-electron chi connectivity index (χ1n) is 12.9. The van der Waals surface area contributed by atoms with Crippen LogP contribution < -0.4 is 5.69 Å². The summed E-state index contributed by atoms with van der Waals surface area (Å²) in [5.74, 6) is 1.42. The predicted molar refractivity (Wildman–Crippen MR) is 144 cm³/mol. The van der Waals surface area contributed by atoms with Gasteiger partial charge in [0.05, 0.1) is 6.54 Å². The molecule has 2 heterocycles. The highest BCUT2D eigenvalue weighted by Crippen LogP contribution is 2.29. The molecule has 0 aliphatic carbocycles. The first-order valence-corrected chi connectivity index (χ1v) is 12.9. The SMILES string of the molecule is CCCCc1nn(CCCc2ccccc2)c(=O)n1Cc1ccc(-c2ccccc2-c2nn[nH]n2)cc1. The molecular weight excluding hydrogens is 462 g/mol. The van der Waals surface area contributed by atoms with Gasteiger partial charge in [-0.05, 0) is 46.7 Å². The minimum absolute atomic E-state index is 0.0364. The molecule has 0 atom stereocenters. The highest BCUT2D eigenvalue weighted by atomic mass is 16.2. The Morgan fingerprint density at radius 2 is 1.57 bits per heavy atom. The lowest BCUT2D eigenvalue weighted by molar-refractivity contribution is 0.549. The Bertz CT molecular complexity index is 1470. The Kier molecular flexibility index (Phi) is 7.64. The van der Waals surface area contributed by atoms with Crippen molar-refractivity contribution < 1.29 is 0 Å². The molecule has 0 amide bonds. The standard InChI is InChI=1S/C29H31N7O/c1-2-3-15-27-32-36(20-9-12-22-10-5-4-6-11-22)29(37)35(27)21-23-16-18-24(19-17-23)25-13-7-8-14-26(25)28-30-33-34-31-28/h4-8,10-11,13-14,16-19H,2-3,9,12,15,20-21H2,1H3,(H,30,31,33,34). The normalized spacial score (nSPS) is 11.2. The van der Waals surface area contributed by atoms with E-state index in [4.69, 9.17) is 5.10 Å². The second-order valence-corrected chi connectivity index (χ2v) is 9.18. The van der Waals surface area contributed by atoms with Gasteiger partial charge in [-0.1, -0.05) is 92.2 Å². The van der Waals surface area contributed by atoms with Crippen molar-refractivity contribution in [2.24, 2.45) is 0 Å². The van der Waals surface area contributed by atoms with Gasteiger partial charge in [0.2, 0.25) is 5.82 Å². The zero-order valence-electron chi connectivity index (χ0n) is 21.0. The Morgan fingerprint density at radius 3 is 2.30 bits per heavy atom. The maximum absolute atomic E-state index is 13.3. The number of benzene rings is 3. The van der Waals surface area contributed by atoms with E-state index in [-0.39, 0.29) is 5.69 Å². The van der Waals surface area contributed by atoms with E-state index in [1.54, 1.807) is 4.68 Å². The quantitative estimate of drug-likeness (QED) is 0.282. The topological polar surface area (TPSA) is 94.3 Å². The van der Waals surface area contributed by atoms with Crippen molar-refractivity contribution >= 4 is 0 Å². The van der Waals surface area contributed by atoms with Crippen LogP contribution in [-0.2, 0) is 25.9 Å². The lowest BCUT2D eigenvalue weighted by Gasteiger charge is -2.09. The summed E-state index contributed by atoms with van der Waals surface area (Å²) in [7, 11) is 0. The Hall–Kier alpha value is -4.33. The summed E-state index contributed by atoms with van der Waals surface area (Å²) in [5, 5.41) is 19.2. The molecule has 3 aromatic carbocycles. The van der Waals surface area contributed by atoms with Crippen molar-refractivity contribution in [3.63, 3.8) is 0 Å². The van der Waals surface area contributed by atoms with Gasteiger partial charge < -0.3 is 0 Å². The molecule has 0 saturated heterocycles. The summed E-state index contributed by atoms with van der Waals surface area (Å²) in [4.78, 5) is 13.3. The van der Waals surface area contributed by atoms with Crippen molar-refractivity contribution in [1.82, 2.24) is 35.0 Å². The van der Waals surface area contributed by atoms with E-state index in [9.17, 15) is 4.79 Å². The molecule has 0 spiro atoms. The van der Waals surface area contributed by atoms with Crippen LogP contribution >= 0.6 is 0 Å². The van der Waals surface area contributed by atoms with E-state index >= 15 is 0 Å². The number of tetrazole rings is 1. The number of hydrogen-bond donors (Lipinski definition) is 1. The monoisotopic (exact) mass is 493 g/mol. The van der Waals surface area contributed by atoms with Gasteiger partial charge in [0.1, 0.15) is 5.82 Å². The van der Waals surface area contributed by atoms with Gasteiger partial charge in [-0.2, -0.15) is 10.3 Å². The maximum atomic E-state index is 13.3. The first-order chi connectivity index (χ1) is 18.2. The molecule has 2 aromatic heterocycles. The maximum Gasteiger partial charge on any atom is 0.346 e. The molecule has 0 aliphatic rings. The van der Waals surface area contributed by atoms with Gasteiger partial charge in [-0.15, -0.1) is 10.2 Å². The fourth-order valence-electron chi connectivity index (χ4n) is 4.57. The van der Waals surface area contributed by atoms with Gasteiger partial charge in [-0.25, -0.2) is 9.48 Å². The van der Waals surface area contributed by atoms with E-state index in [0.717, 1.165) is 60.2 Å². The molecule has 0 radical (unpaired) electrons. The van der Waals surface area contributed by atoms with E-state index in [1.807, 2.05) is 47.0 Å². The molecule has 0 unspecified atom stereocenters. The highest BCUT2D eigenvalue weighted by molar-refractivity contribution is 5.80. The zero-order chi connectivity index (χ0) is 25.5. The van der Waals surface area contributed by atoms with E-state index in [2.05, 4.69) is 63.9 Å². The fraction of sp³-hybridized carbons (Fsp3) is 0.276. The number of rotatable bonds is 11. The van der Waals surface area contributed by atoms with Crippen LogP contribution in [0, 0.1) is 0 Å². The molecule has 5 rings (SSSR count). The summed E-state index contributed by atoms with van der Waals surface area (Å²) >= 11 is 0. The number of nitrogens with one attached hydrogen (secondary N) is 1. The molecule has 188 valence electrons. The Balaban J connectivity index is 1.34. The lowest BCUT2D eigenvalue weighted by atomic mass is 9.98. The third kappa shape index (κ3) is 5.74. The number of aryl methyl sites for hydroxylation is 3. The minimum atomic E-state index is -0.0364. The average Bonchev–Trinajstić information content (AvgIpc) is 3.58. The second-order valence-electron chi connectivity index (χ2n) is 9.18. The summed E-state index contributed by atoms with van der Waals surface area (Å²) < 4.78 is 3.48. The van der Waals surface area contributed by atoms with Crippen molar-refractivity contribution in [1.29, 1.82) is 0 Å². The van der Waals surface area contributed by atoms with Crippen LogP contribution in [0.1, 0.15) is 43.1 Å². The molecule has 0 bridgehead atoms. The molecule has 37 heavy (non-hydrogen) atoms. The predicted octanol–water partition coefficient (Wildman–Crippen LogP) is 4.92. The Morgan fingerprint density at radius 1 is 0.811 bits per heavy atom. The molecular formula is C29H31N7O. The van der Waals surface area contributed by atoms with Crippen LogP contribution in [0.2, 0.25) is 0 Å². The van der Waals surface area contributed by atoms with Crippen molar-refractivity contribution in [2.45, 2.75) is 52.1 Å². The van der Waals surface area contributed by atoms with Crippen LogP contribution in [0.25, 0.3) is 22.5 Å². The van der Waals surface area contributed by atoms with Crippen LogP contribution in [-0.4, -0.2) is 35.0 Å². The molecule has 0 fully saturated rings. The van der Waals surface area contributed by atoms with Crippen molar-refractivity contribution in [3.8, 4) is 22.5 Å². The highest BCUT2D eigenvalue weighted by Gasteiger charge is 2.15. The van der Waals surface area contributed by atoms with Crippen molar-refractivity contribution in [3.05, 3.63) is 106 Å². The molecule has 5 aromatic rings. The zero-order valence-corrected chi connectivity index (χ0v) is 21.0. The lowest BCUT2D eigenvalue weighted by Crippen LogP contribution is -2.26.